The van der Waals surface area contributed by atoms with Gasteiger partial charge in [-0.1, -0.05) is 0 Å². The van der Waals surface area contributed by atoms with Crippen molar-refractivity contribution in [3.05, 3.63) is 60.7 Å². The maximum atomic E-state index is 4.50. The van der Waals surface area contributed by atoms with E-state index in [1.807, 2.05) is 60.7 Å². The van der Waals surface area contributed by atoms with E-state index in [0.717, 1.165) is 11.4 Å². The molecule has 0 aliphatic carbocycles. The number of nitrogens with zero attached hydrogens (tertiary/aromatic N) is 2. The Hall–Kier alpha value is -1.27. The molecule has 3 heteroatoms. The van der Waals surface area contributed by atoms with Crippen molar-refractivity contribution in [2.24, 2.45) is 6.99 Å². The van der Waals surface area contributed by atoms with Crippen LogP contribution in [0.15, 0.2) is 67.7 Å². The molecule has 15 heavy (non-hydrogen) atoms. The molecule has 2 aromatic carbocycles. The first-order valence-corrected chi connectivity index (χ1v) is 7.26. The summed E-state index contributed by atoms with van der Waals surface area (Å²) in [6.07, 6.45) is 0. The van der Waals surface area contributed by atoms with Crippen molar-refractivity contribution in [1.82, 2.24) is 0 Å². The molecule has 0 saturated carbocycles. The van der Waals surface area contributed by atoms with Gasteiger partial charge in [-0.2, -0.15) is 0 Å². The van der Waals surface area contributed by atoms with Crippen molar-refractivity contribution in [2.45, 2.75) is 0 Å². The molecule has 0 heterocycles. The zero-order valence-electron chi connectivity index (χ0n) is 8.08. The number of hydrogen-bond acceptors (Lipinski definition) is 2. The minimum atomic E-state index is -0.978. The van der Waals surface area contributed by atoms with Crippen LogP contribution in [0.3, 0.4) is 0 Å². The van der Waals surface area contributed by atoms with Gasteiger partial charge in [0.1, 0.15) is 0 Å². The molecule has 2 aromatic rings. The Kier molecular flexibility index (Phi) is 3.81. The fourth-order valence-corrected chi connectivity index (χ4v) is 2.79. The summed E-state index contributed by atoms with van der Waals surface area (Å²) < 4.78 is 9.00. The van der Waals surface area contributed by atoms with Crippen molar-refractivity contribution in [2.75, 3.05) is 0 Å². The molecule has 0 fully saturated rings. The summed E-state index contributed by atoms with van der Waals surface area (Å²) in [6.45, 7) is 0. The summed E-state index contributed by atoms with van der Waals surface area (Å²) in [5.41, 5.74) is 2.09. The van der Waals surface area contributed by atoms with Crippen LogP contribution in [0.4, 0.5) is 11.4 Å². The Bertz CT molecular complexity index is 430. The second kappa shape index (κ2) is 5.57. The predicted molar refractivity (Wildman–Crippen MR) is 57.1 cm³/mol. The van der Waals surface area contributed by atoms with E-state index < -0.39 is 18.2 Å². The molecule has 0 atom stereocenters. The van der Waals surface area contributed by atoms with Gasteiger partial charge in [0.15, 0.2) is 0 Å². The topological polar surface area (TPSA) is 24.7 Å². The van der Waals surface area contributed by atoms with Crippen LogP contribution in [0.2, 0.25) is 0 Å². The van der Waals surface area contributed by atoms with Crippen LogP contribution in [0.1, 0.15) is 0 Å². The predicted octanol–water partition coefficient (Wildman–Crippen LogP) is 4.10. The first-order chi connectivity index (χ1) is 7.45. The molecular weight excluding hydrogens is 356 g/mol. The van der Waals surface area contributed by atoms with E-state index in [1.165, 1.54) is 0 Å². The SMILES string of the molecule is c1ccc([N]=[W]=[N]c2ccccc2)cc1. The van der Waals surface area contributed by atoms with E-state index in [0.29, 0.717) is 0 Å². The van der Waals surface area contributed by atoms with Gasteiger partial charge < -0.3 is 0 Å². The molecule has 2 nitrogen and oxygen atoms in total. The van der Waals surface area contributed by atoms with Crippen molar-refractivity contribution in [3.63, 3.8) is 0 Å². The van der Waals surface area contributed by atoms with Crippen LogP contribution in [0.25, 0.3) is 0 Å². The first-order valence-electron chi connectivity index (χ1n) is 4.63. The third-order valence-electron chi connectivity index (χ3n) is 1.80. The van der Waals surface area contributed by atoms with Gasteiger partial charge in [-0.25, -0.2) is 0 Å². The van der Waals surface area contributed by atoms with Gasteiger partial charge in [-0.3, -0.25) is 0 Å². The Balaban J connectivity index is 2.16. The fraction of sp³-hybridized carbons (Fsp3) is 0. The summed E-state index contributed by atoms with van der Waals surface area (Å²) in [6, 6.07) is 20.1. The van der Waals surface area contributed by atoms with E-state index in [9.17, 15) is 0 Å². The summed E-state index contributed by atoms with van der Waals surface area (Å²) in [5, 5.41) is 0. The van der Waals surface area contributed by atoms with Gasteiger partial charge in [-0.05, 0) is 0 Å². The van der Waals surface area contributed by atoms with Crippen LogP contribution in [-0.2, 0) is 18.2 Å². The van der Waals surface area contributed by atoms with Crippen LogP contribution >= 0.6 is 0 Å². The van der Waals surface area contributed by atoms with E-state index in [1.54, 1.807) is 0 Å². The molecule has 74 valence electrons. The third kappa shape index (κ3) is 3.41. The molecule has 0 aliphatic rings. The Labute approximate surface area is 97.2 Å². The molecule has 0 saturated heterocycles. The van der Waals surface area contributed by atoms with Gasteiger partial charge in [-0.15, -0.1) is 0 Å². The van der Waals surface area contributed by atoms with Gasteiger partial charge in [0, 0.05) is 0 Å². The molecule has 0 bridgehead atoms. The maximum absolute atomic E-state index is 4.50. The van der Waals surface area contributed by atoms with Gasteiger partial charge in [0.25, 0.3) is 0 Å². The van der Waals surface area contributed by atoms with Crippen LogP contribution < -0.4 is 0 Å². The second-order valence-corrected chi connectivity index (χ2v) is 4.83. The summed E-state index contributed by atoms with van der Waals surface area (Å²) in [5.74, 6) is 0. The van der Waals surface area contributed by atoms with Gasteiger partial charge in [0.05, 0.1) is 0 Å². The molecule has 2 rings (SSSR count). The van der Waals surface area contributed by atoms with Gasteiger partial charge >= 0.3 is 97.2 Å². The number of benzene rings is 2. The van der Waals surface area contributed by atoms with Crippen molar-refractivity contribution in [3.8, 4) is 0 Å². The molecule has 0 spiro atoms. The van der Waals surface area contributed by atoms with Crippen molar-refractivity contribution < 1.29 is 18.2 Å². The average Bonchev–Trinajstić information content (AvgIpc) is 2.32. The number of rotatable bonds is 2. The molecule has 0 N–H and O–H groups in total. The first kappa shape index (κ1) is 10.3. The Morgan fingerprint density at radius 1 is 0.600 bits per heavy atom. The van der Waals surface area contributed by atoms with E-state index in [-0.39, 0.29) is 0 Å². The average molecular weight is 366 g/mol. The molecule has 0 aromatic heterocycles. The Morgan fingerprint density at radius 3 is 1.40 bits per heavy atom. The van der Waals surface area contributed by atoms with E-state index >= 15 is 0 Å². The molecule has 0 unspecified atom stereocenters. The summed E-state index contributed by atoms with van der Waals surface area (Å²) in [4.78, 5) is 0. The summed E-state index contributed by atoms with van der Waals surface area (Å²) in [7, 11) is 0. The fourth-order valence-electron chi connectivity index (χ4n) is 1.09. The molecule has 0 radical (unpaired) electrons. The normalized spacial score (nSPS) is 9.33. The number of hydrogen-bond donors (Lipinski definition) is 0. The Morgan fingerprint density at radius 2 is 1.00 bits per heavy atom. The van der Waals surface area contributed by atoms with E-state index in [4.69, 9.17) is 0 Å². The molecule has 0 aliphatic heterocycles. The molecular formula is C12H10N2W. The standard InChI is InChI=1S/2C6H5N.W/c2*7-6-4-2-1-3-5-6;/h2*1-5H;. The third-order valence-corrected chi connectivity index (χ3v) is 3.91. The van der Waals surface area contributed by atoms with Gasteiger partial charge in [0.2, 0.25) is 0 Å². The second-order valence-electron chi connectivity index (χ2n) is 2.94. The van der Waals surface area contributed by atoms with Crippen LogP contribution in [0, 0.1) is 0 Å². The van der Waals surface area contributed by atoms with Crippen LogP contribution in [0.5, 0.6) is 0 Å². The van der Waals surface area contributed by atoms with Crippen LogP contribution in [-0.4, -0.2) is 0 Å². The minimum absolute atomic E-state index is 0.978. The van der Waals surface area contributed by atoms with Crippen molar-refractivity contribution >= 4 is 11.4 Å². The zero-order valence-corrected chi connectivity index (χ0v) is 11.0. The summed E-state index contributed by atoms with van der Waals surface area (Å²) >= 11 is -0.978. The van der Waals surface area contributed by atoms with Crippen molar-refractivity contribution in [1.29, 1.82) is 0 Å². The monoisotopic (exact) mass is 366 g/mol. The molecule has 0 amide bonds. The zero-order chi connectivity index (χ0) is 10.3. The quantitative estimate of drug-likeness (QED) is 0.765. The van der Waals surface area contributed by atoms with E-state index in [2.05, 4.69) is 6.99 Å².